The van der Waals surface area contributed by atoms with Crippen LogP contribution < -0.4 is 5.32 Å². The number of nitrogens with one attached hydrogen (secondary N) is 2. The van der Waals surface area contributed by atoms with Crippen LogP contribution >= 0.6 is 22.7 Å². The second kappa shape index (κ2) is 9.91. The quantitative estimate of drug-likeness (QED) is 0.422. The molecule has 33 heavy (non-hydrogen) atoms. The predicted molar refractivity (Wildman–Crippen MR) is 134 cm³/mol. The fraction of sp³-hybridized carbons (Fsp3) is 0.280. The first-order valence-electron chi connectivity index (χ1n) is 11.1. The van der Waals surface area contributed by atoms with E-state index in [4.69, 9.17) is 0 Å². The van der Waals surface area contributed by atoms with Crippen LogP contribution in [0.15, 0.2) is 65.5 Å². The summed E-state index contributed by atoms with van der Waals surface area (Å²) in [5, 5.41) is 8.08. The standard InChI is InChI=1S/C25H26N4O2S2/c30-24(23-8-4-14-33-23)27-22(15-18-16-26-21-7-2-1-6-20(18)21)25(31)29-11-9-28(10-12-29)17-19-5-3-13-32-19/h1-8,13-14,16,22,26H,9-12,15,17H2,(H,27,30)/t22-/m0/s1. The largest absolute Gasteiger partial charge is 0.361 e. The van der Waals surface area contributed by atoms with Crippen LogP contribution in [0, 0.1) is 0 Å². The molecule has 0 aliphatic carbocycles. The van der Waals surface area contributed by atoms with Crippen LogP contribution in [0.25, 0.3) is 10.9 Å². The van der Waals surface area contributed by atoms with Crippen molar-refractivity contribution in [2.45, 2.75) is 19.0 Å². The summed E-state index contributed by atoms with van der Waals surface area (Å²) in [6, 6.07) is 15.3. The van der Waals surface area contributed by atoms with Gasteiger partial charge in [0.2, 0.25) is 5.91 Å². The Morgan fingerprint density at radius 1 is 0.970 bits per heavy atom. The highest BCUT2D eigenvalue weighted by Gasteiger charge is 2.30. The number of benzene rings is 1. The van der Waals surface area contributed by atoms with Gasteiger partial charge >= 0.3 is 0 Å². The minimum Gasteiger partial charge on any atom is -0.361 e. The van der Waals surface area contributed by atoms with Gasteiger partial charge in [-0.05, 0) is 34.5 Å². The van der Waals surface area contributed by atoms with Crippen molar-refractivity contribution >= 4 is 45.4 Å². The molecular weight excluding hydrogens is 452 g/mol. The van der Waals surface area contributed by atoms with Crippen LogP contribution in [0.3, 0.4) is 0 Å². The molecule has 3 aromatic heterocycles. The Balaban J connectivity index is 1.30. The maximum Gasteiger partial charge on any atom is 0.262 e. The summed E-state index contributed by atoms with van der Waals surface area (Å²) in [5.41, 5.74) is 2.07. The number of rotatable bonds is 7. The van der Waals surface area contributed by atoms with Crippen molar-refractivity contribution in [3.8, 4) is 0 Å². The van der Waals surface area contributed by atoms with Gasteiger partial charge in [0.1, 0.15) is 6.04 Å². The van der Waals surface area contributed by atoms with Crippen molar-refractivity contribution in [2.75, 3.05) is 26.2 Å². The van der Waals surface area contributed by atoms with Crippen molar-refractivity contribution in [1.82, 2.24) is 20.1 Å². The number of aromatic amines is 1. The third-order valence-electron chi connectivity index (χ3n) is 6.09. The topological polar surface area (TPSA) is 68.4 Å². The van der Waals surface area contributed by atoms with Crippen LogP contribution in [-0.2, 0) is 17.8 Å². The molecule has 2 N–H and O–H groups in total. The Morgan fingerprint density at radius 3 is 2.52 bits per heavy atom. The zero-order chi connectivity index (χ0) is 22.6. The van der Waals surface area contributed by atoms with Crippen molar-refractivity contribution in [2.24, 2.45) is 0 Å². The third kappa shape index (κ3) is 5.03. The molecular formula is C25H26N4O2S2. The molecule has 1 aromatic carbocycles. The first-order valence-corrected chi connectivity index (χ1v) is 12.9. The number of carbonyl (C=O) groups excluding carboxylic acids is 2. The number of piperazine rings is 1. The molecule has 0 spiro atoms. The van der Waals surface area contributed by atoms with E-state index in [1.807, 2.05) is 46.8 Å². The molecule has 170 valence electrons. The van der Waals surface area contributed by atoms with Crippen LogP contribution in [0.2, 0.25) is 0 Å². The number of hydrogen-bond donors (Lipinski definition) is 2. The number of H-pyrrole nitrogens is 1. The molecule has 5 rings (SSSR count). The number of hydrogen-bond acceptors (Lipinski definition) is 5. The molecule has 6 nitrogen and oxygen atoms in total. The number of aromatic nitrogens is 1. The van der Waals surface area contributed by atoms with Gasteiger partial charge < -0.3 is 15.2 Å². The lowest BCUT2D eigenvalue weighted by molar-refractivity contribution is -0.135. The number of para-hydroxylation sites is 1. The number of carbonyl (C=O) groups is 2. The van der Waals surface area contributed by atoms with E-state index in [0.29, 0.717) is 24.4 Å². The summed E-state index contributed by atoms with van der Waals surface area (Å²) < 4.78 is 0. The number of fused-ring (bicyclic) bond motifs is 1. The van der Waals surface area contributed by atoms with E-state index in [0.717, 1.165) is 36.1 Å². The number of nitrogens with zero attached hydrogens (tertiary/aromatic N) is 2. The molecule has 8 heteroatoms. The van der Waals surface area contributed by atoms with E-state index >= 15 is 0 Å². The van der Waals surface area contributed by atoms with Crippen LogP contribution in [0.1, 0.15) is 20.1 Å². The summed E-state index contributed by atoms with van der Waals surface area (Å²) in [6.07, 6.45) is 2.40. The Hall–Kier alpha value is -2.94. The van der Waals surface area contributed by atoms with Crippen molar-refractivity contribution < 1.29 is 9.59 Å². The lowest BCUT2D eigenvalue weighted by Gasteiger charge is -2.36. The molecule has 4 heterocycles. The maximum absolute atomic E-state index is 13.6. The second-order valence-corrected chi connectivity index (χ2v) is 10.2. The molecule has 4 aromatic rings. The predicted octanol–water partition coefficient (Wildman–Crippen LogP) is 3.98. The third-order valence-corrected chi connectivity index (χ3v) is 7.82. The Labute approximate surface area is 200 Å². The fourth-order valence-electron chi connectivity index (χ4n) is 4.33. The van der Waals surface area contributed by atoms with Gasteiger partial charge in [-0.15, -0.1) is 22.7 Å². The molecule has 0 bridgehead atoms. The summed E-state index contributed by atoms with van der Waals surface area (Å²) in [5.74, 6) is -0.208. The minimum atomic E-state index is -0.609. The first-order chi connectivity index (χ1) is 16.2. The number of thiophene rings is 2. The molecule has 0 radical (unpaired) electrons. The highest BCUT2D eigenvalue weighted by atomic mass is 32.1. The molecule has 1 atom stereocenters. The molecule has 0 saturated carbocycles. The van der Waals surface area contributed by atoms with Gasteiger partial charge in [0.15, 0.2) is 0 Å². The summed E-state index contributed by atoms with van der Waals surface area (Å²) >= 11 is 3.15. The van der Waals surface area contributed by atoms with E-state index in [9.17, 15) is 9.59 Å². The van der Waals surface area contributed by atoms with E-state index < -0.39 is 6.04 Å². The minimum absolute atomic E-state index is 0.0130. The van der Waals surface area contributed by atoms with Crippen LogP contribution in [-0.4, -0.2) is 58.8 Å². The van der Waals surface area contributed by atoms with Crippen molar-refractivity contribution in [3.05, 3.63) is 80.8 Å². The smallest absolute Gasteiger partial charge is 0.262 e. The van der Waals surface area contributed by atoms with Gasteiger partial charge in [-0.2, -0.15) is 0 Å². The van der Waals surface area contributed by atoms with E-state index in [2.05, 4.69) is 32.7 Å². The average molecular weight is 479 g/mol. The van der Waals surface area contributed by atoms with Crippen molar-refractivity contribution in [1.29, 1.82) is 0 Å². The van der Waals surface area contributed by atoms with Crippen LogP contribution in [0.4, 0.5) is 0 Å². The van der Waals surface area contributed by atoms with E-state index in [-0.39, 0.29) is 11.8 Å². The highest BCUT2D eigenvalue weighted by Crippen LogP contribution is 2.21. The lowest BCUT2D eigenvalue weighted by Crippen LogP contribution is -2.55. The zero-order valence-corrected chi connectivity index (χ0v) is 19.8. The summed E-state index contributed by atoms with van der Waals surface area (Å²) in [6.45, 7) is 3.94. The molecule has 2 amide bonds. The van der Waals surface area contributed by atoms with Crippen molar-refractivity contribution in [3.63, 3.8) is 0 Å². The van der Waals surface area contributed by atoms with E-state index in [1.165, 1.54) is 16.2 Å². The van der Waals surface area contributed by atoms with Gasteiger partial charge in [-0.3, -0.25) is 14.5 Å². The maximum atomic E-state index is 13.6. The molecule has 1 fully saturated rings. The lowest BCUT2D eigenvalue weighted by atomic mass is 10.0. The van der Waals surface area contributed by atoms with Gasteiger partial charge in [0, 0.05) is 61.1 Å². The first kappa shape index (κ1) is 21.9. The Bertz CT molecular complexity index is 1210. The molecule has 1 aliphatic rings. The number of amides is 2. The normalized spacial score (nSPS) is 15.6. The molecule has 1 aliphatic heterocycles. The summed E-state index contributed by atoms with van der Waals surface area (Å²) in [4.78, 5) is 35.9. The fourth-order valence-corrected chi connectivity index (χ4v) is 5.70. The van der Waals surface area contributed by atoms with Gasteiger partial charge in [-0.1, -0.05) is 30.3 Å². The van der Waals surface area contributed by atoms with E-state index in [1.54, 1.807) is 17.4 Å². The Kier molecular flexibility index (Phi) is 6.57. The molecule has 0 unspecified atom stereocenters. The molecule has 1 saturated heterocycles. The highest BCUT2D eigenvalue weighted by molar-refractivity contribution is 7.12. The summed E-state index contributed by atoms with van der Waals surface area (Å²) in [7, 11) is 0. The zero-order valence-electron chi connectivity index (χ0n) is 18.2. The second-order valence-electron chi connectivity index (χ2n) is 8.25. The van der Waals surface area contributed by atoms with Crippen LogP contribution in [0.5, 0.6) is 0 Å². The van der Waals surface area contributed by atoms with Gasteiger partial charge in [0.05, 0.1) is 4.88 Å². The average Bonchev–Trinajstić information content (AvgIpc) is 3.61. The van der Waals surface area contributed by atoms with Gasteiger partial charge in [0.25, 0.3) is 5.91 Å². The van der Waals surface area contributed by atoms with Gasteiger partial charge in [-0.25, -0.2) is 0 Å². The monoisotopic (exact) mass is 478 g/mol. The Morgan fingerprint density at radius 2 is 1.76 bits per heavy atom. The SMILES string of the molecule is O=C(N[C@@H](Cc1c[nH]c2ccccc12)C(=O)N1CCN(Cc2cccs2)CC1)c1cccs1.